The Morgan fingerprint density at radius 3 is 2.44 bits per heavy atom. The summed E-state index contributed by atoms with van der Waals surface area (Å²) in [7, 11) is 0. The van der Waals surface area contributed by atoms with Gasteiger partial charge in [0.1, 0.15) is 0 Å². The summed E-state index contributed by atoms with van der Waals surface area (Å²) in [6.45, 7) is 3.64. The highest BCUT2D eigenvalue weighted by Gasteiger charge is 2.06. The maximum Gasteiger partial charge on any atom is 0.409 e. The van der Waals surface area contributed by atoms with Crippen LogP contribution in [0, 0.1) is 25.2 Å². The first-order valence-corrected chi connectivity index (χ1v) is 4.72. The molecule has 0 aliphatic rings. The molecule has 82 valence electrons. The van der Waals surface area contributed by atoms with Crippen LogP contribution in [0.15, 0.2) is 18.2 Å². The van der Waals surface area contributed by atoms with Crippen LogP contribution in [-0.2, 0) is 0 Å². The summed E-state index contributed by atoms with van der Waals surface area (Å²) in [5, 5.41) is 19.4. The predicted molar refractivity (Wildman–Crippen MR) is 62.2 cm³/mol. The fourth-order valence-corrected chi connectivity index (χ4v) is 1.53. The van der Waals surface area contributed by atoms with Gasteiger partial charge in [-0.05, 0) is 48.7 Å². The van der Waals surface area contributed by atoms with E-state index in [1.807, 2.05) is 32.0 Å². The average Bonchev–Trinajstić information content (AvgIpc) is 2.20. The Labute approximate surface area is 93.8 Å². The van der Waals surface area contributed by atoms with Gasteiger partial charge in [-0.1, -0.05) is 0 Å². The lowest BCUT2D eigenvalue weighted by Gasteiger charge is -2.10. The van der Waals surface area contributed by atoms with Crippen molar-refractivity contribution in [3.05, 3.63) is 34.9 Å². The maximum atomic E-state index is 10.6. The van der Waals surface area contributed by atoms with E-state index in [0.717, 1.165) is 16.7 Å². The smallest absolute Gasteiger partial charge is 0.409 e. The quantitative estimate of drug-likeness (QED) is 0.746. The van der Waals surface area contributed by atoms with Crippen LogP contribution in [-0.4, -0.2) is 11.2 Å². The maximum absolute atomic E-state index is 10.6. The number of rotatable bonds is 2. The Hall–Kier alpha value is -2.28. The first kappa shape index (κ1) is 11.8. The number of hydrogen-bond donors (Lipinski definition) is 2. The zero-order valence-electron chi connectivity index (χ0n) is 9.11. The second kappa shape index (κ2) is 4.99. The van der Waals surface area contributed by atoms with Crippen molar-refractivity contribution >= 4 is 17.9 Å². The van der Waals surface area contributed by atoms with Gasteiger partial charge in [0.2, 0.25) is 0 Å². The zero-order valence-corrected chi connectivity index (χ0v) is 9.11. The third kappa shape index (κ3) is 2.85. The lowest BCUT2D eigenvalue weighted by molar-refractivity contribution is 0.209. The Kier molecular flexibility index (Phi) is 3.67. The van der Waals surface area contributed by atoms with Gasteiger partial charge in [0, 0.05) is 11.8 Å². The van der Waals surface area contributed by atoms with E-state index in [9.17, 15) is 4.79 Å². The van der Waals surface area contributed by atoms with Crippen molar-refractivity contribution in [1.82, 2.24) is 0 Å². The molecular weight excluding hydrogens is 204 g/mol. The highest BCUT2D eigenvalue weighted by atomic mass is 16.4. The third-order valence-electron chi connectivity index (χ3n) is 2.14. The van der Waals surface area contributed by atoms with Crippen molar-refractivity contribution in [2.75, 3.05) is 5.32 Å². The van der Waals surface area contributed by atoms with Crippen LogP contribution < -0.4 is 5.32 Å². The van der Waals surface area contributed by atoms with Gasteiger partial charge in [-0.15, -0.1) is 0 Å². The summed E-state index contributed by atoms with van der Waals surface area (Å²) in [4.78, 5) is 10.6. The number of aryl methyl sites for hydroxylation is 2. The van der Waals surface area contributed by atoms with Gasteiger partial charge >= 0.3 is 6.09 Å². The van der Waals surface area contributed by atoms with Crippen LogP contribution in [0.3, 0.4) is 0 Å². The molecule has 16 heavy (non-hydrogen) atoms. The summed E-state index contributed by atoms with van der Waals surface area (Å²) in [6, 6.07) is 5.56. The van der Waals surface area contributed by atoms with Crippen molar-refractivity contribution in [1.29, 1.82) is 5.26 Å². The molecule has 0 aliphatic carbocycles. The summed E-state index contributed by atoms with van der Waals surface area (Å²) >= 11 is 0. The Morgan fingerprint density at radius 1 is 1.44 bits per heavy atom. The van der Waals surface area contributed by atoms with Crippen molar-refractivity contribution < 1.29 is 9.90 Å². The van der Waals surface area contributed by atoms with E-state index in [2.05, 4.69) is 5.32 Å². The van der Waals surface area contributed by atoms with E-state index < -0.39 is 6.09 Å². The van der Waals surface area contributed by atoms with E-state index >= 15 is 0 Å². The molecule has 4 heteroatoms. The number of nitriles is 1. The van der Waals surface area contributed by atoms with Gasteiger partial charge in [-0.2, -0.15) is 5.26 Å². The van der Waals surface area contributed by atoms with Crippen molar-refractivity contribution in [3.63, 3.8) is 0 Å². The van der Waals surface area contributed by atoms with Crippen molar-refractivity contribution in [3.8, 4) is 6.07 Å². The van der Waals surface area contributed by atoms with Crippen molar-refractivity contribution in [2.45, 2.75) is 13.8 Å². The number of nitrogens with one attached hydrogen (secondary N) is 1. The molecule has 0 aliphatic heterocycles. The number of hydrogen-bond acceptors (Lipinski definition) is 2. The number of amides is 1. The fraction of sp³-hybridized carbons (Fsp3) is 0.167. The largest absolute Gasteiger partial charge is 0.465 e. The van der Waals surface area contributed by atoms with Gasteiger partial charge in [0.05, 0.1) is 6.07 Å². The summed E-state index contributed by atoms with van der Waals surface area (Å²) in [5.74, 6) is 0. The highest BCUT2D eigenvalue weighted by Crippen LogP contribution is 2.22. The monoisotopic (exact) mass is 216 g/mol. The number of anilines is 1. The lowest BCUT2D eigenvalue weighted by Crippen LogP contribution is -2.10. The first-order chi connectivity index (χ1) is 7.54. The Bertz CT molecular complexity index is 461. The Balaban J connectivity index is 3.13. The summed E-state index contributed by atoms with van der Waals surface area (Å²) in [6.07, 6.45) is 2.00. The predicted octanol–water partition coefficient (Wildman–Crippen LogP) is 2.93. The molecule has 0 saturated heterocycles. The minimum Gasteiger partial charge on any atom is -0.465 e. The number of carbonyl (C=O) groups is 1. The third-order valence-corrected chi connectivity index (χ3v) is 2.14. The zero-order chi connectivity index (χ0) is 12.1. The second-order valence-corrected chi connectivity index (χ2v) is 3.42. The molecule has 0 bridgehead atoms. The van der Waals surface area contributed by atoms with Crippen LogP contribution in [0.2, 0.25) is 0 Å². The minimum atomic E-state index is -1.08. The molecule has 0 heterocycles. The molecule has 0 saturated carbocycles. The van der Waals surface area contributed by atoms with Crippen LogP contribution in [0.25, 0.3) is 6.08 Å². The molecule has 4 nitrogen and oxygen atoms in total. The number of benzene rings is 1. The number of allylic oxidation sites excluding steroid dienone is 1. The molecular formula is C12H12N2O2. The first-order valence-electron chi connectivity index (χ1n) is 4.72. The highest BCUT2D eigenvalue weighted by molar-refractivity contribution is 5.85. The number of nitrogens with zero attached hydrogens (tertiary/aromatic N) is 1. The molecule has 2 N–H and O–H groups in total. The molecule has 1 aromatic rings. The summed E-state index contributed by atoms with van der Waals surface area (Å²) in [5.41, 5.74) is 3.15. The molecule has 0 radical (unpaired) electrons. The molecule has 0 atom stereocenters. The van der Waals surface area contributed by atoms with E-state index in [4.69, 9.17) is 10.4 Å². The van der Waals surface area contributed by atoms with Gasteiger partial charge in [-0.3, -0.25) is 5.32 Å². The van der Waals surface area contributed by atoms with Crippen molar-refractivity contribution in [2.24, 2.45) is 0 Å². The van der Waals surface area contributed by atoms with E-state index in [-0.39, 0.29) is 0 Å². The standard InChI is InChI=1S/C12H12N2O2/c1-8-6-10(4-3-5-13)7-9(2)11(8)14-12(15)16/h3-4,6-7,14H,1-2H3,(H,15,16)/b4-3+. The summed E-state index contributed by atoms with van der Waals surface area (Å²) < 4.78 is 0. The molecule has 0 fully saturated rings. The van der Waals surface area contributed by atoms with E-state index in [1.165, 1.54) is 6.08 Å². The SMILES string of the molecule is Cc1cc(/C=C/C#N)cc(C)c1NC(=O)O. The molecule has 1 amide bonds. The molecule has 0 unspecified atom stereocenters. The lowest BCUT2D eigenvalue weighted by atomic mass is 10.0. The number of carboxylic acid groups (broad SMARTS) is 1. The molecule has 0 aromatic heterocycles. The molecule has 0 spiro atoms. The Morgan fingerprint density at radius 2 is 2.00 bits per heavy atom. The topological polar surface area (TPSA) is 73.1 Å². The van der Waals surface area contributed by atoms with Gasteiger partial charge in [-0.25, -0.2) is 4.79 Å². The van der Waals surface area contributed by atoms with Gasteiger partial charge in [0.25, 0.3) is 0 Å². The van der Waals surface area contributed by atoms with Gasteiger partial charge in [0.15, 0.2) is 0 Å². The second-order valence-electron chi connectivity index (χ2n) is 3.42. The van der Waals surface area contributed by atoms with E-state index in [0.29, 0.717) is 5.69 Å². The normalized spacial score (nSPS) is 10.1. The molecule has 1 aromatic carbocycles. The van der Waals surface area contributed by atoms with Crippen LogP contribution >= 0.6 is 0 Å². The van der Waals surface area contributed by atoms with Crippen LogP contribution in [0.5, 0.6) is 0 Å². The molecule has 1 rings (SSSR count). The fourth-order valence-electron chi connectivity index (χ4n) is 1.53. The van der Waals surface area contributed by atoms with Crippen LogP contribution in [0.1, 0.15) is 16.7 Å². The van der Waals surface area contributed by atoms with Gasteiger partial charge < -0.3 is 5.11 Å². The van der Waals surface area contributed by atoms with E-state index in [1.54, 1.807) is 6.08 Å². The minimum absolute atomic E-state index is 0.599. The average molecular weight is 216 g/mol. The van der Waals surface area contributed by atoms with Crippen LogP contribution in [0.4, 0.5) is 10.5 Å².